The van der Waals surface area contributed by atoms with Crippen LogP contribution >= 0.6 is 0 Å². The molecule has 2 nitrogen and oxygen atoms in total. The fraction of sp³-hybridized carbons (Fsp3) is 0.667. The molecule has 2 aliphatic heterocycles. The lowest BCUT2D eigenvalue weighted by Crippen LogP contribution is -2.43. The van der Waals surface area contributed by atoms with Crippen LogP contribution < -0.4 is 5.32 Å². The highest BCUT2D eigenvalue weighted by atomic mass is 15.1. The van der Waals surface area contributed by atoms with Crippen LogP contribution in [-0.2, 0) is 6.54 Å². The number of nitrogens with one attached hydrogen (secondary N) is 1. The largest absolute Gasteiger partial charge is 0.314 e. The zero-order chi connectivity index (χ0) is 13.9. The molecule has 2 unspecified atom stereocenters. The molecule has 2 fully saturated rings. The third-order valence-electron chi connectivity index (χ3n) is 5.10. The number of likely N-dealkylation sites (tertiary alicyclic amines) is 1. The Hall–Kier alpha value is -0.860. The van der Waals surface area contributed by atoms with Crippen molar-refractivity contribution in [2.24, 2.45) is 5.92 Å². The number of nitrogens with zero attached hydrogens (tertiary/aromatic N) is 1. The summed E-state index contributed by atoms with van der Waals surface area (Å²) in [7, 11) is 0. The van der Waals surface area contributed by atoms with Crippen LogP contribution in [-0.4, -0.2) is 30.6 Å². The Bertz CT molecular complexity index is 449. The van der Waals surface area contributed by atoms with Crippen LogP contribution in [0.3, 0.4) is 0 Å². The summed E-state index contributed by atoms with van der Waals surface area (Å²) in [6.07, 6.45) is 5.55. The second-order valence-electron chi connectivity index (χ2n) is 6.77. The molecule has 2 heterocycles. The zero-order valence-electron chi connectivity index (χ0n) is 13.0. The molecule has 1 aromatic rings. The Labute approximate surface area is 123 Å². The molecule has 3 rings (SSSR count). The van der Waals surface area contributed by atoms with Crippen LogP contribution in [0.15, 0.2) is 18.2 Å². The second kappa shape index (κ2) is 6.28. The molecule has 1 aromatic carbocycles. The molecule has 2 saturated heterocycles. The molecule has 2 aliphatic rings. The Morgan fingerprint density at radius 2 is 2.10 bits per heavy atom. The second-order valence-corrected chi connectivity index (χ2v) is 6.77. The first-order valence-corrected chi connectivity index (χ1v) is 8.24. The van der Waals surface area contributed by atoms with Crippen LogP contribution in [0.25, 0.3) is 0 Å². The van der Waals surface area contributed by atoms with Crippen LogP contribution in [0.1, 0.15) is 42.4 Å². The van der Waals surface area contributed by atoms with Gasteiger partial charge in [0, 0.05) is 19.1 Å². The molecule has 0 saturated carbocycles. The van der Waals surface area contributed by atoms with Crippen LogP contribution in [0, 0.1) is 19.8 Å². The first-order valence-electron chi connectivity index (χ1n) is 8.24. The molecule has 0 amide bonds. The van der Waals surface area contributed by atoms with E-state index in [-0.39, 0.29) is 0 Å². The molecule has 0 aromatic heterocycles. The first-order chi connectivity index (χ1) is 9.72. The summed E-state index contributed by atoms with van der Waals surface area (Å²) >= 11 is 0. The number of rotatable bonds is 3. The van der Waals surface area contributed by atoms with Gasteiger partial charge in [-0.3, -0.25) is 4.90 Å². The average molecular weight is 272 g/mol. The van der Waals surface area contributed by atoms with Crippen molar-refractivity contribution in [1.82, 2.24) is 10.2 Å². The van der Waals surface area contributed by atoms with Gasteiger partial charge in [0.15, 0.2) is 0 Å². The third-order valence-corrected chi connectivity index (χ3v) is 5.10. The van der Waals surface area contributed by atoms with Gasteiger partial charge < -0.3 is 5.32 Å². The Morgan fingerprint density at radius 3 is 2.85 bits per heavy atom. The zero-order valence-corrected chi connectivity index (χ0v) is 13.0. The highest BCUT2D eigenvalue weighted by Crippen LogP contribution is 2.26. The van der Waals surface area contributed by atoms with E-state index in [1.165, 1.54) is 62.0 Å². The normalized spacial score (nSPS) is 27.9. The van der Waals surface area contributed by atoms with E-state index < -0.39 is 0 Å². The predicted molar refractivity (Wildman–Crippen MR) is 84.9 cm³/mol. The molecular formula is C18H28N2. The monoisotopic (exact) mass is 272 g/mol. The van der Waals surface area contributed by atoms with Gasteiger partial charge in [0.1, 0.15) is 0 Å². The van der Waals surface area contributed by atoms with E-state index in [0.717, 1.165) is 18.5 Å². The van der Waals surface area contributed by atoms with Gasteiger partial charge in [0.2, 0.25) is 0 Å². The van der Waals surface area contributed by atoms with Gasteiger partial charge in [-0.15, -0.1) is 0 Å². The summed E-state index contributed by atoms with van der Waals surface area (Å²) in [6, 6.07) is 7.68. The van der Waals surface area contributed by atoms with E-state index in [2.05, 4.69) is 42.3 Å². The predicted octanol–water partition coefficient (Wildman–Crippen LogP) is 3.27. The molecular weight excluding hydrogens is 244 g/mol. The number of hydrogen-bond acceptors (Lipinski definition) is 2. The van der Waals surface area contributed by atoms with Gasteiger partial charge in [0.25, 0.3) is 0 Å². The van der Waals surface area contributed by atoms with Crippen molar-refractivity contribution in [3.05, 3.63) is 34.9 Å². The van der Waals surface area contributed by atoms with E-state index in [4.69, 9.17) is 0 Å². The van der Waals surface area contributed by atoms with Crippen molar-refractivity contribution < 1.29 is 0 Å². The highest BCUT2D eigenvalue weighted by molar-refractivity contribution is 5.30. The number of benzene rings is 1. The van der Waals surface area contributed by atoms with Crippen LogP contribution in [0.5, 0.6) is 0 Å². The molecule has 2 atom stereocenters. The van der Waals surface area contributed by atoms with Crippen molar-refractivity contribution in [3.8, 4) is 0 Å². The average Bonchev–Trinajstić information content (AvgIpc) is 2.96. The summed E-state index contributed by atoms with van der Waals surface area (Å²) in [5, 5.41) is 3.70. The van der Waals surface area contributed by atoms with Crippen LogP contribution in [0.4, 0.5) is 0 Å². The SMILES string of the molecule is Cc1ccc(CN2CCCC(C3CCCN3)C2)c(C)c1. The number of hydrogen-bond donors (Lipinski definition) is 1. The summed E-state index contributed by atoms with van der Waals surface area (Å²) in [5.41, 5.74) is 4.33. The fourth-order valence-corrected chi connectivity index (χ4v) is 3.94. The lowest BCUT2D eigenvalue weighted by molar-refractivity contribution is 0.145. The highest BCUT2D eigenvalue weighted by Gasteiger charge is 2.28. The first kappa shape index (κ1) is 14.1. The van der Waals surface area contributed by atoms with Gasteiger partial charge in [-0.25, -0.2) is 0 Å². The summed E-state index contributed by atoms with van der Waals surface area (Å²) < 4.78 is 0. The van der Waals surface area contributed by atoms with E-state index in [1.54, 1.807) is 0 Å². The van der Waals surface area contributed by atoms with E-state index >= 15 is 0 Å². The Kier molecular flexibility index (Phi) is 4.42. The minimum absolute atomic E-state index is 0.789. The lowest BCUT2D eigenvalue weighted by atomic mass is 9.89. The maximum atomic E-state index is 3.70. The fourth-order valence-electron chi connectivity index (χ4n) is 3.94. The van der Waals surface area contributed by atoms with E-state index in [0.29, 0.717) is 0 Å². The molecule has 0 bridgehead atoms. The third kappa shape index (κ3) is 3.24. The molecule has 0 spiro atoms. The molecule has 0 radical (unpaired) electrons. The van der Waals surface area contributed by atoms with Crippen molar-refractivity contribution in [2.75, 3.05) is 19.6 Å². The summed E-state index contributed by atoms with van der Waals surface area (Å²) in [4.78, 5) is 2.67. The smallest absolute Gasteiger partial charge is 0.0236 e. The molecule has 2 heteroatoms. The van der Waals surface area contributed by atoms with Crippen molar-refractivity contribution in [1.29, 1.82) is 0 Å². The van der Waals surface area contributed by atoms with Crippen molar-refractivity contribution in [3.63, 3.8) is 0 Å². The Morgan fingerprint density at radius 1 is 1.20 bits per heavy atom. The van der Waals surface area contributed by atoms with Gasteiger partial charge in [-0.1, -0.05) is 23.8 Å². The lowest BCUT2D eigenvalue weighted by Gasteiger charge is -2.36. The van der Waals surface area contributed by atoms with Gasteiger partial charge >= 0.3 is 0 Å². The molecule has 110 valence electrons. The molecule has 20 heavy (non-hydrogen) atoms. The van der Waals surface area contributed by atoms with Gasteiger partial charge in [-0.2, -0.15) is 0 Å². The number of aryl methyl sites for hydroxylation is 2. The van der Waals surface area contributed by atoms with E-state index in [9.17, 15) is 0 Å². The topological polar surface area (TPSA) is 15.3 Å². The van der Waals surface area contributed by atoms with Crippen molar-refractivity contribution >= 4 is 0 Å². The summed E-state index contributed by atoms with van der Waals surface area (Å²) in [5.74, 6) is 0.872. The van der Waals surface area contributed by atoms with E-state index in [1.807, 2.05) is 0 Å². The van der Waals surface area contributed by atoms with Gasteiger partial charge in [0.05, 0.1) is 0 Å². The Balaban J connectivity index is 1.62. The molecule has 1 N–H and O–H groups in total. The minimum atomic E-state index is 0.789. The summed E-state index contributed by atoms with van der Waals surface area (Å²) in [6.45, 7) is 9.36. The maximum absolute atomic E-state index is 3.70. The minimum Gasteiger partial charge on any atom is -0.314 e. The quantitative estimate of drug-likeness (QED) is 0.908. The molecule has 0 aliphatic carbocycles. The number of piperidine rings is 1. The van der Waals surface area contributed by atoms with Gasteiger partial charge in [-0.05, 0) is 69.7 Å². The standard InChI is InChI=1S/C18H28N2/c1-14-7-8-16(15(2)11-14)12-20-10-4-5-17(13-20)18-6-3-9-19-18/h7-8,11,17-19H,3-6,9-10,12-13H2,1-2H3. The van der Waals surface area contributed by atoms with Crippen molar-refractivity contribution in [2.45, 2.75) is 52.1 Å². The maximum Gasteiger partial charge on any atom is 0.0236 e. The van der Waals surface area contributed by atoms with Crippen LogP contribution in [0.2, 0.25) is 0 Å².